The Hall–Kier alpha value is -3.65. The number of allylic oxidation sites excluding steroid dienone is 5. The van der Waals surface area contributed by atoms with E-state index in [-0.39, 0.29) is 16.6 Å². The molecule has 1 aliphatic carbocycles. The van der Waals surface area contributed by atoms with Crippen molar-refractivity contribution in [2.24, 2.45) is 0 Å². The fourth-order valence-corrected chi connectivity index (χ4v) is 4.39. The van der Waals surface area contributed by atoms with Gasteiger partial charge in [-0.3, -0.25) is 4.79 Å². The average Bonchev–Trinajstić information content (AvgIpc) is 3.33. The van der Waals surface area contributed by atoms with Crippen LogP contribution in [-0.4, -0.2) is 5.78 Å². The van der Waals surface area contributed by atoms with E-state index in [1.54, 1.807) is 0 Å². The highest BCUT2D eigenvalue weighted by atomic mass is 16.1. The molecule has 1 N–H and O–H groups in total. The molecule has 0 atom stereocenters. The van der Waals surface area contributed by atoms with Gasteiger partial charge in [0.05, 0.1) is 0 Å². The summed E-state index contributed by atoms with van der Waals surface area (Å²) in [7, 11) is 0. The van der Waals surface area contributed by atoms with Crippen LogP contribution in [0.4, 0.5) is 0 Å². The van der Waals surface area contributed by atoms with Crippen molar-refractivity contribution in [3.63, 3.8) is 0 Å². The first kappa shape index (κ1) is 25.4. The quantitative estimate of drug-likeness (QED) is 0.364. The number of carbonyl (C=O) groups excluding carboxylic acids is 1. The van der Waals surface area contributed by atoms with Crippen molar-refractivity contribution in [2.75, 3.05) is 0 Å². The topological polar surface area (TPSA) is 29.1 Å². The molecule has 2 heteroatoms. The van der Waals surface area contributed by atoms with Gasteiger partial charge in [0.1, 0.15) is 0 Å². The van der Waals surface area contributed by atoms with Crippen molar-refractivity contribution in [2.45, 2.75) is 58.9 Å². The number of Topliss-reactive ketones (excluding diaryl/α,β-unsaturated/α-hetero) is 1. The second-order valence-electron chi connectivity index (χ2n) is 11.6. The molecule has 0 bridgehead atoms. The Bertz CT molecular complexity index is 1310. The van der Waals surface area contributed by atoms with Crippen molar-refractivity contribution < 1.29 is 4.79 Å². The van der Waals surface area contributed by atoms with Crippen LogP contribution in [0.3, 0.4) is 0 Å². The molecule has 2 nitrogen and oxygen atoms in total. The number of hydrogen-bond acceptors (Lipinski definition) is 2. The molecule has 0 aromatic heterocycles. The van der Waals surface area contributed by atoms with Gasteiger partial charge in [0.25, 0.3) is 0 Å². The predicted molar refractivity (Wildman–Crippen MR) is 152 cm³/mol. The lowest BCUT2D eigenvalue weighted by Crippen LogP contribution is -2.17. The van der Waals surface area contributed by atoms with E-state index < -0.39 is 0 Å². The van der Waals surface area contributed by atoms with Crippen LogP contribution in [-0.2, 0) is 17.4 Å². The summed E-state index contributed by atoms with van der Waals surface area (Å²) >= 11 is 0. The van der Waals surface area contributed by atoms with Gasteiger partial charge in [-0.05, 0) is 33.1 Å². The lowest BCUT2D eigenvalue weighted by Gasteiger charge is -2.21. The number of rotatable bonds is 6. The lowest BCUT2D eigenvalue weighted by atomic mass is 9.85. The van der Waals surface area contributed by atoms with Gasteiger partial charge < -0.3 is 5.32 Å². The molecule has 4 rings (SSSR count). The molecule has 0 fully saturated rings. The Morgan fingerprint density at radius 1 is 0.694 bits per heavy atom. The molecule has 3 aromatic rings. The highest BCUT2D eigenvalue weighted by Crippen LogP contribution is 2.32. The molecule has 0 radical (unpaired) electrons. The summed E-state index contributed by atoms with van der Waals surface area (Å²) < 4.78 is 0. The number of carbonyl (C=O) groups is 1. The molecule has 0 saturated carbocycles. The maximum atomic E-state index is 13.6. The molecule has 0 saturated heterocycles. The van der Waals surface area contributed by atoms with E-state index in [9.17, 15) is 4.79 Å². The standard InChI is InChI=1S/C34H37NO/c1-33(2,3)27-19-15-25(16-20-27)31(35-23-24-11-8-7-9-12-24)29-13-10-14-30(29)32(36)26-17-21-28(22-18-26)34(4,5)6/h7-22,35H,23H2,1-6H3. The zero-order valence-corrected chi connectivity index (χ0v) is 22.4. The average molecular weight is 476 g/mol. The first-order valence-electron chi connectivity index (χ1n) is 12.7. The summed E-state index contributed by atoms with van der Waals surface area (Å²) in [6.07, 6.45) is 5.95. The van der Waals surface area contributed by atoms with Gasteiger partial charge in [0, 0.05) is 29.0 Å². The van der Waals surface area contributed by atoms with Crippen molar-refractivity contribution in [1.82, 2.24) is 5.32 Å². The van der Waals surface area contributed by atoms with E-state index in [0.29, 0.717) is 17.7 Å². The van der Waals surface area contributed by atoms with Gasteiger partial charge >= 0.3 is 0 Å². The third kappa shape index (κ3) is 5.76. The van der Waals surface area contributed by atoms with Gasteiger partial charge in [0.2, 0.25) is 0 Å². The SMILES string of the molecule is CC(C)(C)c1ccc(C(=O)C2=CC=CC2=C(NCc2ccccc2)c2ccc(C(C)(C)C)cc2)cc1. The Balaban J connectivity index is 1.71. The van der Waals surface area contributed by atoms with E-state index in [1.807, 2.05) is 48.6 Å². The van der Waals surface area contributed by atoms with Gasteiger partial charge in [-0.25, -0.2) is 0 Å². The fraction of sp³-hybridized carbons (Fsp3) is 0.265. The van der Waals surface area contributed by atoms with Gasteiger partial charge in [-0.1, -0.05) is 139 Å². The summed E-state index contributed by atoms with van der Waals surface area (Å²) in [6, 6.07) is 27.1. The smallest absolute Gasteiger partial charge is 0.193 e. The maximum Gasteiger partial charge on any atom is 0.193 e. The molecule has 0 amide bonds. The van der Waals surface area contributed by atoms with Crippen LogP contribution in [0.2, 0.25) is 0 Å². The Morgan fingerprint density at radius 3 is 1.75 bits per heavy atom. The number of ketones is 1. The van der Waals surface area contributed by atoms with Gasteiger partial charge in [-0.15, -0.1) is 0 Å². The fourth-order valence-electron chi connectivity index (χ4n) is 4.39. The Morgan fingerprint density at radius 2 is 1.22 bits per heavy atom. The van der Waals surface area contributed by atoms with Crippen LogP contribution in [0.1, 0.15) is 74.2 Å². The molecule has 0 unspecified atom stereocenters. The lowest BCUT2D eigenvalue weighted by molar-refractivity contribution is 0.103. The highest BCUT2D eigenvalue weighted by Gasteiger charge is 2.23. The second kappa shape index (κ2) is 10.1. The van der Waals surface area contributed by atoms with Crippen molar-refractivity contribution in [3.8, 4) is 0 Å². The molecule has 36 heavy (non-hydrogen) atoms. The monoisotopic (exact) mass is 475 g/mol. The summed E-state index contributed by atoms with van der Waals surface area (Å²) in [5.41, 5.74) is 8.23. The first-order valence-corrected chi connectivity index (χ1v) is 12.7. The summed E-state index contributed by atoms with van der Waals surface area (Å²) in [5, 5.41) is 3.65. The molecule has 3 aromatic carbocycles. The second-order valence-corrected chi connectivity index (χ2v) is 11.6. The van der Waals surface area contributed by atoms with E-state index in [2.05, 4.69) is 95.4 Å². The zero-order valence-electron chi connectivity index (χ0n) is 22.4. The Labute approximate surface area is 216 Å². The van der Waals surface area contributed by atoms with Crippen molar-refractivity contribution in [1.29, 1.82) is 0 Å². The van der Waals surface area contributed by atoms with Gasteiger partial charge in [0.15, 0.2) is 5.78 Å². The number of nitrogens with one attached hydrogen (secondary N) is 1. The molecule has 0 aliphatic heterocycles. The van der Waals surface area contributed by atoms with E-state index in [4.69, 9.17) is 0 Å². The molecule has 1 aliphatic rings. The minimum Gasteiger partial charge on any atom is -0.380 e. The third-order valence-corrected chi connectivity index (χ3v) is 6.69. The maximum absolute atomic E-state index is 13.6. The normalized spacial score (nSPS) is 15.0. The third-order valence-electron chi connectivity index (χ3n) is 6.69. The summed E-state index contributed by atoms with van der Waals surface area (Å²) in [6.45, 7) is 13.9. The number of hydrogen-bond donors (Lipinski definition) is 1. The first-order chi connectivity index (χ1) is 17.0. The molecular formula is C34H37NO. The molecule has 0 heterocycles. The van der Waals surface area contributed by atoms with Crippen molar-refractivity contribution in [3.05, 3.63) is 136 Å². The zero-order chi connectivity index (χ0) is 25.9. The van der Waals surface area contributed by atoms with Crippen LogP contribution in [0.5, 0.6) is 0 Å². The molecule has 184 valence electrons. The summed E-state index contributed by atoms with van der Waals surface area (Å²) in [4.78, 5) is 13.6. The minimum absolute atomic E-state index is 0.0424. The largest absolute Gasteiger partial charge is 0.380 e. The molecule has 0 spiro atoms. The minimum atomic E-state index is 0.0424. The summed E-state index contributed by atoms with van der Waals surface area (Å²) in [5.74, 6) is 0.0424. The van der Waals surface area contributed by atoms with Crippen LogP contribution in [0.15, 0.2) is 108 Å². The predicted octanol–water partition coefficient (Wildman–Crippen LogP) is 8.16. The van der Waals surface area contributed by atoms with E-state index >= 15 is 0 Å². The van der Waals surface area contributed by atoms with Crippen LogP contribution >= 0.6 is 0 Å². The molecular weight excluding hydrogens is 438 g/mol. The highest BCUT2D eigenvalue weighted by molar-refractivity contribution is 6.14. The van der Waals surface area contributed by atoms with Gasteiger partial charge in [-0.2, -0.15) is 0 Å². The van der Waals surface area contributed by atoms with Crippen molar-refractivity contribution >= 4 is 11.5 Å². The van der Waals surface area contributed by atoms with Crippen LogP contribution < -0.4 is 5.32 Å². The number of benzene rings is 3. The van der Waals surface area contributed by atoms with Crippen LogP contribution in [0, 0.1) is 0 Å². The van der Waals surface area contributed by atoms with Crippen LogP contribution in [0.25, 0.3) is 5.70 Å². The Kier molecular flexibility index (Phi) is 7.17. The van der Waals surface area contributed by atoms with E-state index in [0.717, 1.165) is 16.8 Å². The van der Waals surface area contributed by atoms with E-state index in [1.165, 1.54) is 16.7 Å².